The van der Waals surface area contributed by atoms with Crippen molar-refractivity contribution < 1.29 is 14.7 Å². The van der Waals surface area contributed by atoms with Gasteiger partial charge in [-0.2, -0.15) is 0 Å². The van der Waals surface area contributed by atoms with Gasteiger partial charge in [0.25, 0.3) is 5.91 Å². The Kier molecular flexibility index (Phi) is 4.41. The predicted molar refractivity (Wildman–Crippen MR) is 123 cm³/mol. The largest absolute Gasteiger partial charge is 0.508 e. The third-order valence-electron chi connectivity index (χ3n) is 6.32. The fraction of sp³-hybridized carbons (Fsp3) is 0.259. The molecule has 32 heavy (non-hydrogen) atoms. The van der Waals surface area contributed by atoms with Gasteiger partial charge in [0.2, 0.25) is 5.91 Å². The molecule has 3 aromatic carbocycles. The molecule has 1 aliphatic carbocycles. The zero-order valence-electron chi connectivity index (χ0n) is 18.6. The van der Waals surface area contributed by atoms with Crippen LogP contribution in [0.25, 0.3) is 11.1 Å². The van der Waals surface area contributed by atoms with Crippen LogP contribution in [0.15, 0.2) is 60.7 Å². The minimum Gasteiger partial charge on any atom is -0.508 e. The molecule has 3 aromatic rings. The topological polar surface area (TPSA) is 69.6 Å². The molecule has 162 valence electrons. The molecule has 0 radical (unpaired) electrons. The highest BCUT2D eigenvalue weighted by atomic mass is 16.3. The molecular weight excluding hydrogens is 400 g/mol. The van der Waals surface area contributed by atoms with Crippen molar-refractivity contribution in [1.82, 2.24) is 10.2 Å². The summed E-state index contributed by atoms with van der Waals surface area (Å²) in [5, 5.41) is 13.4. The Hall–Kier alpha value is -3.60. The van der Waals surface area contributed by atoms with E-state index in [1.54, 1.807) is 24.0 Å². The first-order valence-electron chi connectivity index (χ1n) is 10.8. The minimum atomic E-state index is -0.791. The number of amides is 2. The van der Waals surface area contributed by atoms with Crippen molar-refractivity contribution in [2.45, 2.75) is 45.3 Å². The smallest absolute Gasteiger partial charge is 0.256 e. The van der Waals surface area contributed by atoms with Crippen molar-refractivity contribution in [3.63, 3.8) is 0 Å². The van der Waals surface area contributed by atoms with E-state index >= 15 is 0 Å². The number of nitrogens with zero attached hydrogens (tertiary/aromatic N) is 1. The number of phenols is 1. The number of rotatable bonds is 2. The maximum Gasteiger partial charge on any atom is 0.256 e. The van der Waals surface area contributed by atoms with E-state index in [1.807, 2.05) is 57.2 Å². The molecule has 0 fully saturated rings. The van der Waals surface area contributed by atoms with Gasteiger partial charge in [-0.15, -0.1) is 0 Å². The third kappa shape index (κ3) is 2.92. The second-order valence-electron chi connectivity index (χ2n) is 9.61. The van der Waals surface area contributed by atoms with Crippen LogP contribution in [0.2, 0.25) is 0 Å². The number of aromatic hydroxyl groups is 1. The monoisotopic (exact) mass is 426 g/mol. The second kappa shape index (κ2) is 6.95. The van der Waals surface area contributed by atoms with Crippen LogP contribution in [0.1, 0.15) is 65.5 Å². The summed E-state index contributed by atoms with van der Waals surface area (Å²) in [7, 11) is 0. The summed E-state index contributed by atoms with van der Waals surface area (Å²) < 4.78 is 0. The predicted octanol–water partition coefficient (Wildman–Crippen LogP) is 4.88. The highest BCUT2D eigenvalue weighted by molar-refractivity contribution is 6.07. The molecule has 5 nitrogen and oxygen atoms in total. The molecule has 0 saturated heterocycles. The van der Waals surface area contributed by atoms with Gasteiger partial charge < -0.3 is 15.3 Å². The van der Waals surface area contributed by atoms with E-state index in [-0.39, 0.29) is 23.6 Å². The van der Waals surface area contributed by atoms with Gasteiger partial charge in [0.05, 0.1) is 11.6 Å². The quantitative estimate of drug-likeness (QED) is 0.613. The first-order chi connectivity index (χ1) is 15.2. The molecule has 2 amide bonds. The lowest BCUT2D eigenvalue weighted by atomic mass is 9.97. The standard InChI is InChI=1S/C27H26N2O3/c1-15-21(30)14-13-20-22(15)26(32)29(24(20)25(31)28-27(2,3)4)23-18-11-7-5-9-16(18)17-10-6-8-12-19(17)23/h5-14,23-24,30H,1-4H3,(H,28,31). The van der Waals surface area contributed by atoms with Crippen molar-refractivity contribution in [3.05, 3.63) is 88.5 Å². The Morgan fingerprint density at radius 1 is 0.906 bits per heavy atom. The Balaban J connectivity index is 1.73. The molecule has 0 saturated carbocycles. The lowest BCUT2D eigenvalue weighted by Crippen LogP contribution is -2.47. The average molecular weight is 427 g/mol. The highest BCUT2D eigenvalue weighted by Gasteiger charge is 2.49. The van der Waals surface area contributed by atoms with Gasteiger partial charge in [0.15, 0.2) is 0 Å². The lowest BCUT2D eigenvalue weighted by Gasteiger charge is -2.33. The Morgan fingerprint density at radius 2 is 1.47 bits per heavy atom. The van der Waals surface area contributed by atoms with Crippen LogP contribution in [0.5, 0.6) is 5.75 Å². The molecule has 1 heterocycles. The van der Waals surface area contributed by atoms with Gasteiger partial charge in [-0.05, 0) is 61.6 Å². The zero-order valence-corrected chi connectivity index (χ0v) is 18.6. The molecule has 1 atom stereocenters. The minimum absolute atomic E-state index is 0.0566. The fourth-order valence-corrected chi connectivity index (χ4v) is 5.03. The summed E-state index contributed by atoms with van der Waals surface area (Å²) >= 11 is 0. The summed E-state index contributed by atoms with van der Waals surface area (Å²) in [4.78, 5) is 29.2. The summed E-state index contributed by atoms with van der Waals surface area (Å²) in [5.41, 5.74) is 5.26. The van der Waals surface area contributed by atoms with Crippen LogP contribution in [0, 0.1) is 6.92 Å². The fourth-order valence-electron chi connectivity index (χ4n) is 5.03. The summed E-state index contributed by atoms with van der Waals surface area (Å²) in [6.07, 6.45) is 0. The van der Waals surface area contributed by atoms with Crippen molar-refractivity contribution in [2.75, 3.05) is 0 Å². The van der Waals surface area contributed by atoms with Crippen molar-refractivity contribution >= 4 is 11.8 Å². The average Bonchev–Trinajstić information content (AvgIpc) is 3.22. The molecule has 2 N–H and O–H groups in total. The molecule has 0 spiro atoms. The van der Waals surface area contributed by atoms with Crippen LogP contribution in [0.3, 0.4) is 0 Å². The van der Waals surface area contributed by atoms with Crippen LogP contribution in [-0.2, 0) is 4.79 Å². The summed E-state index contributed by atoms with van der Waals surface area (Å²) in [5.74, 6) is -0.406. The van der Waals surface area contributed by atoms with Gasteiger partial charge in [0.1, 0.15) is 11.8 Å². The van der Waals surface area contributed by atoms with Crippen LogP contribution in [-0.4, -0.2) is 27.4 Å². The molecule has 2 aliphatic rings. The van der Waals surface area contributed by atoms with Gasteiger partial charge >= 0.3 is 0 Å². The molecule has 0 bridgehead atoms. The van der Waals surface area contributed by atoms with Gasteiger partial charge in [-0.25, -0.2) is 0 Å². The number of fused-ring (bicyclic) bond motifs is 4. The maximum atomic E-state index is 13.9. The normalized spacial score (nSPS) is 17.2. The van der Waals surface area contributed by atoms with E-state index in [1.165, 1.54) is 0 Å². The number of carbonyl (C=O) groups excluding carboxylic acids is 2. The molecular formula is C27H26N2O3. The van der Waals surface area contributed by atoms with E-state index in [0.717, 1.165) is 22.3 Å². The molecule has 1 aliphatic heterocycles. The number of hydrogen-bond donors (Lipinski definition) is 2. The van der Waals surface area contributed by atoms with Crippen molar-refractivity contribution in [3.8, 4) is 16.9 Å². The number of carbonyl (C=O) groups is 2. The SMILES string of the molecule is Cc1c(O)ccc2c1C(=O)N(C1c3ccccc3-c3ccccc31)C2C(=O)NC(C)(C)C. The molecule has 5 rings (SSSR count). The van der Waals surface area contributed by atoms with E-state index in [2.05, 4.69) is 17.4 Å². The first kappa shape index (κ1) is 20.3. The lowest BCUT2D eigenvalue weighted by molar-refractivity contribution is -0.127. The van der Waals surface area contributed by atoms with Crippen LogP contribution >= 0.6 is 0 Å². The molecule has 0 aromatic heterocycles. The van der Waals surface area contributed by atoms with Crippen LogP contribution in [0.4, 0.5) is 0 Å². The van der Waals surface area contributed by atoms with Crippen molar-refractivity contribution in [2.24, 2.45) is 0 Å². The molecule has 5 heteroatoms. The van der Waals surface area contributed by atoms with E-state index in [9.17, 15) is 14.7 Å². The first-order valence-corrected chi connectivity index (χ1v) is 10.8. The van der Waals surface area contributed by atoms with Crippen molar-refractivity contribution in [1.29, 1.82) is 0 Å². The van der Waals surface area contributed by atoms with Gasteiger partial charge in [-0.1, -0.05) is 54.6 Å². The molecule has 1 unspecified atom stereocenters. The van der Waals surface area contributed by atoms with Gasteiger partial charge in [0, 0.05) is 11.1 Å². The Labute approximate surface area is 187 Å². The zero-order chi connectivity index (χ0) is 22.8. The Morgan fingerprint density at radius 3 is 2.03 bits per heavy atom. The number of phenolic OH excluding ortho intramolecular Hbond substituents is 1. The summed E-state index contributed by atoms with van der Waals surface area (Å²) in [6.45, 7) is 7.50. The number of hydrogen-bond acceptors (Lipinski definition) is 3. The second-order valence-corrected chi connectivity index (χ2v) is 9.61. The Bertz CT molecular complexity index is 1230. The van der Waals surface area contributed by atoms with Crippen LogP contribution < -0.4 is 5.32 Å². The third-order valence-corrected chi connectivity index (χ3v) is 6.32. The maximum absolute atomic E-state index is 13.9. The van der Waals surface area contributed by atoms with E-state index < -0.39 is 11.6 Å². The van der Waals surface area contributed by atoms with Gasteiger partial charge in [-0.3, -0.25) is 9.59 Å². The number of benzene rings is 3. The highest BCUT2D eigenvalue weighted by Crippen LogP contribution is 2.52. The van der Waals surface area contributed by atoms with E-state index in [0.29, 0.717) is 16.7 Å². The number of nitrogens with one attached hydrogen (secondary N) is 1. The van der Waals surface area contributed by atoms with E-state index in [4.69, 9.17) is 0 Å². The summed E-state index contributed by atoms with van der Waals surface area (Å²) in [6, 6.07) is 18.2.